The predicted octanol–water partition coefficient (Wildman–Crippen LogP) is 5.40. The number of methoxy groups -OCH3 is 1. The van der Waals surface area contributed by atoms with Crippen molar-refractivity contribution in [2.75, 3.05) is 26.8 Å². The topological polar surface area (TPSA) is 86.0 Å². The Morgan fingerprint density at radius 3 is 2.62 bits per heavy atom. The zero-order valence-electron chi connectivity index (χ0n) is 22.3. The normalized spacial score (nSPS) is 19.5. The molecule has 1 unspecified atom stereocenters. The number of imidazole rings is 1. The highest BCUT2D eigenvalue weighted by atomic mass is 16.7. The number of benzene rings is 3. The van der Waals surface area contributed by atoms with Gasteiger partial charge in [-0.05, 0) is 56.1 Å². The number of likely N-dealkylation sites (tertiary alicyclic amines) is 1. The smallest absolute Gasteiger partial charge is 0.335 e. The van der Waals surface area contributed by atoms with E-state index in [-0.39, 0.29) is 5.56 Å². The summed E-state index contributed by atoms with van der Waals surface area (Å²) in [5.41, 5.74) is 4.10. The molecule has 0 radical (unpaired) electrons. The Hall–Kier alpha value is -3.88. The summed E-state index contributed by atoms with van der Waals surface area (Å²) in [5, 5.41) is 9.46. The van der Waals surface area contributed by atoms with E-state index in [9.17, 15) is 9.90 Å². The molecule has 0 bridgehead atoms. The summed E-state index contributed by atoms with van der Waals surface area (Å²) in [6.07, 6.45) is 2.01. The van der Waals surface area contributed by atoms with Crippen molar-refractivity contribution in [1.29, 1.82) is 0 Å². The molecule has 4 aromatic rings. The summed E-state index contributed by atoms with van der Waals surface area (Å²) in [5.74, 6) is 1.20. The predicted molar refractivity (Wildman–Crippen MR) is 147 cm³/mol. The van der Waals surface area contributed by atoms with Gasteiger partial charge < -0.3 is 23.9 Å². The number of hydrogen-bond acceptors (Lipinski definition) is 6. The molecule has 2 aliphatic heterocycles. The van der Waals surface area contributed by atoms with Crippen molar-refractivity contribution >= 4 is 17.0 Å². The number of para-hydroxylation sites is 1. The van der Waals surface area contributed by atoms with E-state index >= 15 is 0 Å². The number of nitrogens with zero attached hydrogens (tertiary/aromatic N) is 3. The number of carboxylic acid groups (broad SMARTS) is 1. The molecule has 0 aliphatic carbocycles. The van der Waals surface area contributed by atoms with Gasteiger partial charge in [-0.25, -0.2) is 9.78 Å². The summed E-state index contributed by atoms with van der Waals surface area (Å²) in [4.78, 5) is 18.8. The maximum Gasteiger partial charge on any atom is 0.335 e. The van der Waals surface area contributed by atoms with Gasteiger partial charge in [-0.1, -0.05) is 42.5 Å². The first-order valence-electron chi connectivity index (χ1n) is 13.5. The van der Waals surface area contributed by atoms with Gasteiger partial charge in [0.05, 0.1) is 29.7 Å². The summed E-state index contributed by atoms with van der Waals surface area (Å²) >= 11 is 0. The van der Waals surface area contributed by atoms with Crippen LogP contribution in [0.4, 0.5) is 0 Å². The average molecular weight is 528 g/mol. The molecular formula is C31H33N3O5. The minimum absolute atomic E-state index is 0.262. The van der Waals surface area contributed by atoms with Crippen LogP contribution in [-0.4, -0.2) is 52.3 Å². The molecule has 1 aromatic heterocycles. The van der Waals surface area contributed by atoms with Gasteiger partial charge in [-0.3, -0.25) is 4.90 Å². The molecule has 1 saturated heterocycles. The third-order valence-electron chi connectivity index (χ3n) is 7.89. The van der Waals surface area contributed by atoms with Gasteiger partial charge in [0, 0.05) is 31.7 Å². The fraction of sp³-hybridized carbons (Fsp3) is 0.355. The van der Waals surface area contributed by atoms with Crippen LogP contribution in [0.1, 0.15) is 53.0 Å². The largest absolute Gasteiger partial charge is 0.478 e. The Morgan fingerprint density at radius 2 is 1.87 bits per heavy atom. The quantitative estimate of drug-likeness (QED) is 0.328. The van der Waals surface area contributed by atoms with Gasteiger partial charge in [0.25, 0.3) is 5.79 Å². The van der Waals surface area contributed by atoms with Gasteiger partial charge in [-0.15, -0.1) is 0 Å². The van der Waals surface area contributed by atoms with Crippen LogP contribution in [0.3, 0.4) is 0 Å². The second-order valence-electron chi connectivity index (χ2n) is 10.4. The molecule has 8 heteroatoms. The molecule has 1 fully saturated rings. The highest BCUT2D eigenvalue weighted by molar-refractivity contribution is 5.92. The molecule has 6 rings (SSSR count). The third kappa shape index (κ3) is 4.86. The minimum atomic E-state index is -0.939. The number of aromatic nitrogens is 2. The number of rotatable bonds is 8. The average Bonchev–Trinajstić information content (AvgIpc) is 3.49. The van der Waals surface area contributed by atoms with Crippen molar-refractivity contribution in [3.8, 4) is 11.5 Å². The van der Waals surface area contributed by atoms with E-state index in [0.717, 1.165) is 59.9 Å². The van der Waals surface area contributed by atoms with Crippen LogP contribution in [0.15, 0.2) is 66.7 Å². The number of ether oxygens (including phenoxy) is 3. The highest BCUT2D eigenvalue weighted by Crippen LogP contribution is 2.49. The van der Waals surface area contributed by atoms with Crippen LogP contribution >= 0.6 is 0 Å². The van der Waals surface area contributed by atoms with Crippen LogP contribution in [0, 0.1) is 0 Å². The van der Waals surface area contributed by atoms with Crippen LogP contribution < -0.4 is 9.47 Å². The maximum absolute atomic E-state index is 11.5. The van der Waals surface area contributed by atoms with Gasteiger partial charge in [0.15, 0.2) is 11.5 Å². The maximum atomic E-state index is 11.5. The number of piperidine rings is 1. The first kappa shape index (κ1) is 25.4. The van der Waals surface area contributed by atoms with Crippen LogP contribution in [0.5, 0.6) is 11.5 Å². The van der Waals surface area contributed by atoms with Gasteiger partial charge in [-0.2, -0.15) is 0 Å². The number of carbonyl (C=O) groups is 1. The molecular weight excluding hydrogens is 494 g/mol. The third-order valence-corrected chi connectivity index (χ3v) is 7.89. The van der Waals surface area contributed by atoms with Gasteiger partial charge in [0.1, 0.15) is 5.82 Å². The highest BCUT2D eigenvalue weighted by Gasteiger charge is 2.41. The van der Waals surface area contributed by atoms with Crippen molar-refractivity contribution in [3.05, 3.63) is 89.2 Å². The Morgan fingerprint density at radius 1 is 1.08 bits per heavy atom. The zero-order valence-corrected chi connectivity index (χ0v) is 22.3. The van der Waals surface area contributed by atoms with E-state index in [1.54, 1.807) is 25.3 Å². The molecule has 202 valence electrons. The first-order chi connectivity index (χ1) is 18.9. The summed E-state index contributed by atoms with van der Waals surface area (Å²) in [6, 6.07) is 21.4. The Balaban J connectivity index is 1.18. The Labute approximate surface area is 227 Å². The van der Waals surface area contributed by atoms with E-state index in [1.807, 2.05) is 43.3 Å². The van der Waals surface area contributed by atoms with Crippen molar-refractivity contribution < 1.29 is 24.1 Å². The van der Waals surface area contributed by atoms with Crippen LogP contribution in [0.25, 0.3) is 11.0 Å². The lowest BCUT2D eigenvalue weighted by molar-refractivity contribution is -0.0685. The number of carboxylic acids is 1. The minimum Gasteiger partial charge on any atom is -0.478 e. The monoisotopic (exact) mass is 527 g/mol. The summed E-state index contributed by atoms with van der Waals surface area (Å²) < 4.78 is 20.2. The lowest BCUT2D eigenvalue weighted by atomic mass is 9.88. The fourth-order valence-corrected chi connectivity index (χ4v) is 5.79. The Bertz CT molecular complexity index is 1490. The lowest BCUT2D eigenvalue weighted by Gasteiger charge is -2.32. The van der Waals surface area contributed by atoms with E-state index in [4.69, 9.17) is 19.2 Å². The van der Waals surface area contributed by atoms with Crippen molar-refractivity contribution in [3.63, 3.8) is 0 Å². The SMILES string of the molecule is COCCn1c(CN2CCC(c3cccc4c3OC(C)(c3ccccc3)O4)CC2)nc2ccc(C(=O)O)cc21. The number of fused-ring (bicyclic) bond motifs is 2. The number of hydrogen-bond donors (Lipinski definition) is 1. The second kappa shape index (κ2) is 10.4. The molecule has 0 saturated carbocycles. The molecule has 3 heterocycles. The molecule has 2 aliphatic rings. The summed E-state index contributed by atoms with van der Waals surface area (Å²) in [7, 11) is 1.67. The Kier molecular flexibility index (Phi) is 6.74. The molecule has 8 nitrogen and oxygen atoms in total. The van der Waals surface area contributed by atoms with Gasteiger partial charge in [0.2, 0.25) is 0 Å². The van der Waals surface area contributed by atoms with Crippen molar-refractivity contribution in [1.82, 2.24) is 14.5 Å². The fourth-order valence-electron chi connectivity index (χ4n) is 5.79. The van der Waals surface area contributed by atoms with E-state index in [1.165, 1.54) is 5.56 Å². The second-order valence-corrected chi connectivity index (χ2v) is 10.4. The first-order valence-corrected chi connectivity index (χ1v) is 13.5. The molecule has 3 aromatic carbocycles. The summed E-state index contributed by atoms with van der Waals surface area (Å²) in [6.45, 7) is 5.68. The van der Waals surface area contributed by atoms with E-state index in [0.29, 0.717) is 25.6 Å². The molecule has 39 heavy (non-hydrogen) atoms. The standard InChI is InChI=1S/C31H33N3O5/c1-31(23-7-4-3-5-8-23)38-27-10-6-9-24(29(27)39-31)21-13-15-33(16-14-21)20-28-32-25-12-11-22(30(35)36)19-26(25)34(28)17-18-37-2/h3-12,19,21H,13-18,20H2,1-2H3,(H,35,36). The molecule has 1 atom stereocenters. The number of aromatic carboxylic acids is 1. The van der Waals surface area contributed by atoms with Gasteiger partial charge >= 0.3 is 5.97 Å². The van der Waals surface area contributed by atoms with E-state index < -0.39 is 11.8 Å². The van der Waals surface area contributed by atoms with Crippen molar-refractivity contribution in [2.45, 2.75) is 44.6 Å². The zero-order chi connectivity index (χ0) is 27.0. The molecule has 0 amide bonds. The molecule has 1 N–H and O–H groups in total. The van der Waals surface area contributed by atoms with E-state index in [2.05, 4.69) is 21.6 Å². The van der Waals surface area contributed by atoms with Crippen molar-refractivity contribution in [2.24, 2.45) is 0 Å². The lowest BCUT2D eigenvalue weighted by Crippen LogP contribution is -2.34. The van der Waals surface area contributed by atoms with Crippen LogP contribution in [0.2, 0.25) is 0 Å². The molecule has 0 spiro atoms. The van der Waals surface area contributed by atoms with Crippen LogP contribution in [-0.2, 0) is 23.6 Å².